The van der Waals surface area contributed by atoms with Gasteiger partial charge in [-0.2, -0.15) is 0 Å². The van der Waals surface area contributed by atoms with Gasteiger partial charge in [-0.1, -0.05) is 30.3 Å². The molecule has 0 spiro atoms. The van der Waals surface area contributed by atoms with Crippen LogP contribution in [-0.4, -0.2) is 17.4 Å². The smallest absolute Gasteiger partial charge is 0.288 e. The first kappa shape index (κ1) is 10.4. The second-order valence-corrected chi connectivity index (χ2v) is 3.36. The van der Waals surface area contributed by atoms with Crippen molar-refractivity contribution in [2.24, 2.45) is 0 Å². The van der Waals surface area contributed by atoms with Crippen LogP contribution in [0.25, 0.3) is 0 Å². The Morgan fingerprint density at radius 3 is 2.81 bits per heavy atom. The van der Waals surface area contributed by atoms with Gasteiger partial charge in [-0.3, -0.25) is 4.79 Å². The van der Waals surface area contributed by atoms with Gasteiger partial charge in [0.25, 0.3) is 5.91 Å². The molecule has 0 bridgehead atoms. The van der Waals surface area contributed by atoms with E-state index in [-0.39, 0.29) is 11.7 Å². The number of hydrogen-bond acceptors (Lipinski definition) is 3. The van der Waals surface area contributed by atoms with Crippen LogP contribution in [0.15, 0.2) is 47.3 Å². The lowest BCUT2D eigenvalue weighted by molar-refractivity contribution is 0.0926. The molecule has 2 rings (SSSR count). The van der Waals surface area contributed by atoms with Crippen molar-refractivity contribution in [3.8, 4) is 0 Å². The van der Waals surface area contributed by atoms with Gasteiger partial charge in [0.1, 0.15) is 0 Å². The zero-order valence-electron chi connectivity index (χ0n) is 8.72. The quantitative estimate of drug-likeness (QED) is 0.845. The summed E-state index contributed by atoms with van der Waals surface area (Å²) >= 11 is 0. The van der Waals surface area contributed by atoms with Gasteiger partial charge < -0.3 is 9.73 Å². The normalized spacial score (nSPS) is 10.0. The molecule has 0 unspecified atom stereocenters. The monoisotopic (exact) mass is 216 g/mol. The molecule has 4 heteroatoms. The van der Waals surface area contributed by atoms with Crippen LogP contribution in [0.1, 0.15) is 16.1 Å². The average Bonchev–Trinajstić information content (AvgIpc) is 2.84. The molecule has 0 fully saturated rings. The average molecular weight is 216 g/mol. The van der Waals surface area contributed by atoms with Crippen molar-refractivity contribution < 1.29 is 9.21 Å². The third-order valence-electron chi connectivity index (χ3n) is 2.20. The zero-order valence-corrected chi connectivity index (χ0v) is 8.72. The molecule has 4 nitrogen and oxygen atoms in total. The molecule has 1 aromatic carbocycles. The van der Waals surface area contributed by atoms with Crippen LogP contribution in [0, 0.1) is 0 Å². The zero-order chi connectivity index (χ0) is 11.2. The number of nitrogens with zero attached hydrogens (tertiary/aromatic N) is 1. The van der Waals surface area contributed by atoms with E-state index >= 15 is 0 Å². The Hall–Kier alpha value is -2.10. The molecule has 0 aliphatic rings. The summed E-state index contributed by atoms with van der Waals surface area (Å²) < 4.78 is 4.87. The fourth-order valence-corrected chi connectivity index (χ4v) is 1.38. The molecule has 1 N–H and O–H groups in total. The predicted octanol–water partition coefficient (Wildman–Crippen LogP) is 1.65. The topological polar surface area (TPSA) is 55.1 Å². The molecule has 82 valence electrons. The van der Waals surface area contributed by atoms with E-state index in [1.165, 1.54) is 18.2 Å². The number of amides is 1. The highest BCUT2D eigenvalue weighted by Gasteiger charge is 2.07. The summed E-state index contributed by atoms with van der Waals surface area (Å²) in [6, 6.07) is 9.99. The highest BCUT2D eigenvalue weighted by atomic mass is 16.3. The van der Waals surface area contributed by atoms with E-state index in [1.54, 1.807) is 0 Å². The molecule has 1 aromatic heterocycles. The Morgan fingerprint density at radius 1 is 1.31 bits per heavy atom. The van der Waals surface area contributed by atoms with Crippen molar-refractivity contribution in [2.75, 3.05) is 6.54 Å². The van der Waals surface area contributed by atoms with E-state index < -0.39 is 0 Å². The van der Waals surface area contributed by atoms with Crippen LogP contribution in [-0.2, 0) is 6.42 Å². The van der Waals surface area contributed by atoms with Gasteiger partial charge in [0.05, 0.1) is 6.20 Å². The van der Waals surface area contributed by atoms with E-state index in [0.29, 0.717) is 6.54 Å². The first-order valence-corrected chi connectivity index (χ1v) is 5.07. The molecular formula is C12H12N2O2. The van der Waals surface area contributed by atoms with E-state index in [4.69, 9.17) is 4.42 Å². The number of oxazole rings is 1. The van der Waals surface area contributed by atoms with Crippen LogP contribution in [0.3, 0.4) is 0 Å². The molecule has 0 aliphatic carbocycles. The summed E-state index contributed by atoms with van der Waals surface area (Å²) in [5.41, 5.74) is 1.19. The highest BCUT2D eigenvalue weighted by molar-refractivity contribution is 5.90. The van der Waals surface area contributed by atoms with Crippen molar-refractivity contribution in [1.29, 1.82) is 0 Å². The summed E-state index contributed by atoms with van der Waals surface area (Å²) in [6.07, 6.45) is 3.45. The number of hydrogen-bond donors (Lipinski definition) is 1. The first-order chi connectivity index (χ1) is 7.86. The molecule has 0 aliphatic heterocycles. The Labute approximate surface area is 93.3 Å². The SMILES string of the molecule is O=C(NCCc1ccccc1)c1cnco1. The van der Waals surface area contributed by atoms with Gasteiger partial charge >= 0.3 is 0 Å². The van der Waals surface area contributed by atoms with E-state index in [9.17, 15) is 4.79 Å². The first-order valence-electron chi connectivity index (χ1n) is 5.07. The fraction of sp³-hybridized carbons (Fsp3) is 0.167. The van der Waals surface area contributed by atoms with Gasteiger partial charge in [0.15, 0.2) is 6.39 Å². The lowest BCUT2D eigenvalue weighted by Crippen LogP contribution is -2.25. The van der Waals surface area contributed by atoms with Crippen molar-refractivity contribution in [3.63, 3.8) is 0 Å². The number of rotatable bonds is 4. The van der Waals surface area contributed by atoms with Crippen LogP contribution < -0.4 is 5.32 Å². The van der Waals surface area contributed by atoms with Gasteiger partial charge in [-0.05, 0) is 12.0 Å². The van der Waals surface area contributed by atoms with Crippen molar-refractivity contribution >= 4 is 5.91 Å². The molecule has 16 heavy (non-hydrogen) atoms. The molecule has 0 saturated heterocycles. The van der Waals surface area contributed by atoms with Gasteiger partial charge in [-0.25, -0.2) is 4.98 Å². The summed E-state index contributed by atoms with van der Waals surface area (Å²) in [5, 5.41) is 2.76. The molecular weight excluding hydrogens is 204 g/mol. The van der Waals surface area contributed by atoms with Crippen LogP contribution in [0.2, 0.25) is 0 Å². The number of nitrogens with one attached hydrogen (secondary N) is 1. The number of carbonyl (C=O) groups excluding carboxylic acids is 1. The number of aromatic nitrogens is 1. The van der Waals surface area contributed by atoms with Crippen LogP contribution in [0.5, 0.6) is 0 Å². The lowest BCUT2D eigenvalue weighted by atomic mass is 10.1. The Balaban J connectivity index is 1.79. The minimum atomic E-state index is -0.228. The minimum Gasteiger partial charge on any atom is -0.438 e. The lowest BCUT2D eigenvalue weighted by Gasteiger charge is -2.02. The highest BCUT2D eigenvalue weighted by Crippen LogP contribution is 1.99. The standard InChI is InChI=1S/C12H12N2O2/c15-12(11-8-13-9-16-11)14-7-6-10-4-2-1-3-5-10/h1-5,8-9H,6-7H2,(H,14,15). The minimum absolute atomic E-state index is 0.228. The molecule has 1 heterocycles. The third-order valence-corrected chi connectivity index (χ3v) is 2.20. The predicted molar refractivity (Wildman–Crippen MR) is 59.0 cm³/mol. The Bertz CT molecular complexity index is 437. The number of benzene rings is 1. The summed E-state index contributed by atoms with van der Waals surface area (Å²) in [5.74, 6) is 0.0153. The van der Waals surface area contributed by atoms with E-state index in [1.807, 2.05) is 30.3 Å². The molecule has 0 atom stereocenters. The summed E-state index contributed by atoms with van der Waals surface area (Å²) in [4.78, 5) is 15.1. The maximum absolute atomic E-state index is 11.5. The maximum Gasteiger partial charge on any atom is 0.288 e. The molecule has 0 radical (unpaired) electrons. The van der Waals surface area contributed by atoms with Crippen LogP contribution in [0.4, 0.5) is 0 Å². The second kappa shape index (κ2) is 5.11. The molecule has 2 aromatic rings. The van der Waals surface area contributed by atoms with E-state index in [2.05, 4.69) is 10.3 Å². The molecule has 0 saturated carbocycles. The van der Waals surface area contributed by atoms with Gasteiger partial charge in [0.2, 0.25) is 5.76 Å². The number of carbonyl (C=O) groups is 1. The molecule has 1 amide bonds. The summed E-state index contributed by atoms with van der Waals surface area (Å²) in [6.45, 7) is 0.587. The van der Waals surface area contributed by atoms with Crippen molar-refractivity contribution in [2.45, 2.75) is 6.42 Å². The van der Waals surface area contributed by atoms with Crippen molar-refractivity contribution in [1.82, 2.24) is 10.3 Å². The van der Waals surface area contributed by atoms with Gasteiger partial charge in [-0.15, -0.1) is 0 Å². The van der Waals surface area contributed by atoms with Gasteiger partial charge in [0, 0.05) is 6.54 Å². The summed E-state index contributed by atoms with van der Waals surface area (Å²) in [7, 11) is 0. The second-order valence-electron chi connectivity index (χ2n) is 3.36. The van der Waals surface area contributed by atoms with Crippen molar-refractivity contribution in [3.05, 3.63) is 54.2 Å². The maximum atomic E-state index is 11.5. The largest absolute Gasteiger partial charge is 0.438 e. The van der Waals surface area contributed by atoms with Crippen LogP contribution >= 0.6 is 0 Å². The fourth-order valence-electron chi connectivity index (χ4n) is 1.38. The third kappa shape index (κ3) is 2.70. The Kier molecular flexibility index (Phi) is 3.33. The Morgan fingerprint density at radius 2 is 2.12 bits per heavy atom. The van der Waals surface area contributed by atoms with E-state index in [0.717, 1.165) is 6.42 Å².